The van der Waals surface area contributed by atoms with E-state index < -0.39 is 10.2 Å². The van der Waals surface area contributed by atoms with Crippen molar-refractivity contribution in [1.82, 2.24) is 9.03 Å². The molecule has 0 aromatic heterocycles. The van der Waals surface area contributed by atoms with E-state index in [0.29, 0.717) is 19.6 Å². The van der Waals surface area contributed by atoms with E-state index >= 15 is 0 Å². The Morgan fingerprint density at radius 1 is 1.62 bits per heavy atom. The Morgan fingerprint density at radius 3 is 2.85 bits per heavy atom. The molecule has 3 N–H and O–H groups in total. The predicted molar refractivity (Wildman–Crippen MR) is 51.4 cm³/mol. The molecule has 0 saturated carbocycles. The van der Waals surface area contributed by atoms with Crippen LogP contribution in [0.4, 0.5) is 0 Å². The average molecular weight is 207 g/mol. The molecule has 1 fully saturated rings. The molecule has 1 rings (SSSR count). The number of nitrogens with zero attached hydrogens (tertiary/aromatic N) is 1. The third-order valence-electron chi connectivity index (χ3n) is 2.09. The highest BCUT2D eigenvalue weighted by Crippen LogP contribution is 2.10. The van der Waals surface area contributed by atoms with Gasteiger partial charge in [-0.2, -0.15) is 12.7 Å². The Kier molecular flexibility index (Phi) is 3.66. The lowest BCUT2D eigenvalue weighted by Gasteiger charge is -2.29. The molecule has 0 radical (unpaired) electrons. The topological polar surface area (TPSA) is 75.4 Å². The minimum Gasteiger partial charge on any atom is -0.327 e. The second-order valence-corrected chi connectivity index (χ2v) is 5.02. The molecule has 6 heteroatoms. The van der Waals surface area contributed by atoms with Crippen LogP contribution in [0.25, 0.3) is 0 Å². The Labute approximate surface area is 79.5 Å². The molecule has 0 unspecified atom stereocenters. The standard InChI is InChI=1S/C7H17N3O2S/c1-2-9-13(11,12)10-5-3-4-7(8)6-10/h7,9H,2-6,8H2,1H3/t7-/m1/s1. The summed E-state index contributed by atoms with van der Waals surface area (Å²) in [5.41, 5.74) is 5.68. The molecular formula is C7H17N3O2S. The van der Waals surface area contributed by atoms with Gasteiger partial charge in [0.25, 0.3) is 10.2 Å². The second-order valence-electron chi connectivity index (χ2n) is 3.26. The molecule has 0 amide bonds. The zero-order chi connectivity index (χ0) is 9.90. The lowest BCUT2D eigenvalue weighted by atomic mass is 10.1. The van der Waals surface area contributed by atoms with Gasteiger partial charge in [0.1, 0.15) is 0 Å². The van der Waals surface area contributed by atoms with Crippen LogP contribution >= 0.6 is 0 Å². The van der Waals surface area contributed by atoms with Crippen molar-refractivity contribution in [2.75, 3.05) is 19.6 Å². The highest BCUT2D eigenvalue weighted by molar-refractivity contribution is 7.87. The molecule has 0 aromatic rings. The summed E-state index contributed by atoms with van der Waals surface area (Å²) in [6.45, 7) is 3.22. The van der Waals surface area contributed by atoms with Gasteiger partial charge in [-0.3, -0.25) is 0 Å². The maximum atomic E-state index is 11.5. The van der Waals surface area contributed by atoms with Crippen LogP contribution in [0.1, 0.15) is 19.8 Å². The number of nitrogens with one attached hydrogen (secondary N) is 1. The average Bonchev–Trinajstić information content (AvgIpc) is 2.04. The zero-order valence-electron chi connectivity index (χ0n) is 7.86. The number of hydrogen-bond acceptors (Lipinski definition) is 3. The molecule has 5 nitrogen and oxygen atoms in total. The fraction of sp³-hybridized carbons (Fsp3) is 1.00. The van der Waals surface area contributed by atoms with Gasteiger partial charge in [-0.25, -0.2) is 4.72 Å². The molecule has 1 aliphatic heterocycles. The van der Waals surface area contributed by atoms with Gasteiger partial charge >= 0.3 is 0 Å². The van der Waals surface area contributed by atoms with E-state index in [2.05, 4.69) is 4.72 Å². The lowest BCUT2D eigenvalue weighted by molar-refractivity contribution is 0.312. The van der Waals surface area contributed by atoms with Crippen molar-refractivity contribution in [2.24, 2.45) is 5.73 Å². The third-order valence-corrected chi connectivity index (χ3v) is 3.75. The Hall–Kier alpha value is -0.170. The van der Waals surface area contributed by atoms with Crippen LogP contribution in [0, 0.1) is 0 Å². The molecule has 0 spiro atoms. The summed E-state index contributed by atoms with van der Waals surface area (Å²) in [6, 6.07) is -0.0119. The van der Waals surface area contributed by atoms with Crippen LogP contribution in [0.5, 0.6) is 0 Å². The van der Waals surface area contributed by atoms with Gasteiger partial charge in [0.15, 0.2) is 0 Å². The highest BCUT2D eigenvalue weighted by Gasteiger charge is 2.26. The number of nitrogens with two attached hydrogens (primary N) is 1. The minimum absolute atomic E-state index is 0.0119. The van der Waals surface area contributed by atoms with Crippen molar-refractivity contribution in [1.29, 1.82) is 0 Å². The molecule has 13 heavy (non-hydrogen) atoms. The molecule has 0 bridgehead atoms. The van der Waals surface area contributed by atoms with Gasteiger partial charge in [-0.15, -0.1) is 0 Å². The van der Waals surface area contributed by atoms with Crippen LogP contribution < -0.4 is 10.5 Å². The Morgan fingerprint density at radius 2 is 2.31 bits per heavy atom. The van der Waals surface area contributed by atoms with Gasteiger partial charge in [-0.1, -0.05) is 6.92 Å². The van der Waals surface area contributed by atoms with Crippen molar-refractivity contribution in [3.8, 4) is 0 Å². The molecule has 0 aliphatic carbocycles. The maximum absolute atomic E-state index is 11.5. The smallest absolute Gasteiger partial charge is 0.279 e. The minimum atomic E-state index is -3.26. The van der Waals surface area contributed by atoms with Crippen LogP contribution in [0.3, 0.4) is 0 Å². The van der Waals surface area contributed by atoms with Crippen LogP contribution in [0.15, 0.2) is 0 Å². The van der Waals surface area contributed by atoms with Gasteiger partial charge in [0, 0.05) is 25.7 Å². The first-order valence-corrected chi connectivity index (χ1v) is 6.00. The third kappa shape index (κ3) is 2.91. The van der Waals surface area contributed by atoms with E-state index in [0.717, 1.165) is 12.8 Å². The van der Waals surface area contributed by atoms with E-state index in [9.17, 15) is 8.42 Å². The van der Waals surface area contributed by atoms with Crippen molar-refractivity contribution >= 4 is 10.2 Å². The molecule has 0 aromatic carbocycles. The molecule has 1 heterocycles. The quantitative estimate of drug-likeness (QED) is 0.640. The maximum Gasteiger partial charge on any atom is 0.279 e. The van der Waals surface area contributed by atoms with Gasteiger partial charge in [0.2, 0.25) is 0 Å². The van der Waals surface area contributed by atoms with Crippen LogP contribution in [-0.2, 0) is 10.2 Å². The van der Waals surface area contributed by atoms with Crippen LogP contribution in [-0.4, -0.2) is 38.4 Å². The highest BCUT2D eigenvalue weighted by atomic mass is 32.2. The lowest BCUT2D eigenvalue weighted by Crippen LogP contribution is -2.49. The monoisotopic (exact) mass is 207 g/mol. The first kappa shape index (κ1) is 10.9. The van der Waals surface area contributed by atoms with E-state index in [1.807, 2.05) is 0 Å². The summed E-state index contributed by atoms with van der Waals surface area (Å²) in [6.07, 6.45) is 1.77. The van der Waals surface area contributed by atoms with Gasteiger partial charge in [0.05, 0.1) is 0 Å². The van der Waals surface area contributed by atoms with Gasteiger partial charge < -0.3 is 5.73 Å². The SMILES string of the molecule is CCNS(=O)(=O)N1CCC[C@@H](N)C1. The predicted octanol–water partition coefficient (Wildman–Crippen LogP) is -0.736. The number of hydrogen-bond donors (Lipinski definition) is 2. The molecule has 1 saturated heterocycles. The summed E-state index contributed by atoms with van der Waals surface area (Å²) < 4.78 is 26.9. The summed E-state index contributed by atoms with van der Waals surface area (Å²) >= 11 is 0. The zero-order valence-corrected chi connectivity index (χ0v) is 8.68. The Bertz CT molecular complexity index is 252. The van der Waals surface area contributed by atoms with Crippen LogP contribution in [0.2, 0.25) is 0 Å². The summed E-state index contributed by atoms with van der Waals surface area (Å²) in [5, 5.41) is 0. The number of rotatable bonds is 3. The first-order valence-electron chi connectivity index (χ1n) is 4.56. The van der Waals surface area contributed by atoms with Gasteiger partial charge in [-0.05, 0) is 12.8 Å². The van der Waals surface area contributed by atoms with Crippen molar-refractivity contribution in [3.63, 3.8) is 0 Å². The molecule has 78 valence electrons. The Balaban J connectivity index is 2.60. The van der Waals surface area contributed by atoms with E-state index in [1.165, 1.54) is 4.31 Å². The van der Waals surface area contributed by atoms with E-state index in [-0.39, 0.29) is 6.04 Å². The molecular weight excluding hydrogens is 190 g/mol. The summed E-state index contributed by atoms with van der Waals surface area (Å²) in [4.78, 5) is 0. The van der Waals surface area contributed by atoms with E-state index in [1.54, 1.807) is 6.92 Å². The first-order chi connectivity index (χ1) is 6.06. The van der Waals surface area contributed by atoms with Crippen molar-refractivity contribution in [2.45, 2.75) is 25.8 Å². The number of piperidine rings is 1. The molecule has 1 atom stereocenters. The van der Waals surface area contributed by atoms with Crippen molar-refractivity contribution in [3.05, 3.63) is 0 Å². The fourth-order valence-electron chi connectivity index (χ4n) is 1.47. The fourth-order valence-corrected chi connectivity index (χ4v) is 2.77. The van der Waals surface area contributed by atoms with Crippen molar-refractivity contribution < 1.29 is 8.42 Å². The molecule has 1 aliphatic rings. The normalized spacial score (nSPS) is 26.2. The summed E-state index contributed by atoms with van der Waals surface area (Å²) in [7, 11) is -3.26. The second kappa shape index (κ2) is 4.36. The largest absolute Gasteiger partial charge is 0.327 e. The summed E-state index contributed by atoms with van der Waals surface area (Å²) in [5.74, 6) is 0. The van der Waals surface area contributed by atoms with E-state index in [4.69, 9.17) is 5.73 Å².